The zero-order chi connectivity index (χ0) is 14.4. The molecule has 2 aromatic rings. The average molecular weight is 286 g/mol. The van der Waals surface area contributed by atoms with Gasteiger partial charge < -0.3 is 4.74 Å². The summed E-state index contributed by atoms with van der Waals surface area (Å²) in [6.45, 7) is -0.222. The Morgan fingerprint density at radius 1 is 1.20 bits per heavy atom. The zero-order valence-corrected chi connectivity index (χ0v) is 11.2. The lowest BCUT2D eigenvalue weighted by molar-refractivity contribution is -0.385. The summed E-state index contributed by atoms with van der Waals surface area (Å²) < 4.78 is 5.11. The van der Waals surface area contributed by atoms with Crippen molar-refractivity contribution in [3.05, 3.63) is 58.6 Å². The predicted octanol–water partition coefficient (Wildman–Crippen LogP) is 3.65. The van der Waals surface area contributed by atoms with Crippen LogP contribution < -0.4 is 4.74 Å². The van der Waals surface area contributed by atoms with Gasteiger partial charge in [0.2, 0.25) is 0 Å². The van der Waals surface area contributed by atoms with Crippen molar-refractivity contribution >= 4 is 17.4 Å². The van der Waals surface area contributed by atoms with Crippen LogP contribution in [0.5, 0.6) is 5.75 Å². The first-order chi connectivity index (χ1) is 9.70. The molecule has 2 aromatic carbocycles. The fourth-order valence-electron chi connectivity index (χ4n) is 1.56. The smallest absolute Gasteiger partial charge is 0.311 e. The number of rotatable bonds is 5. The number of nitrogens with zero attached hydrogens (tertiary/aromatic N) is 2. The summed E-state index contributed by atoms with van der Waals surface area (Å²) in [5.74, 6) is 0.109. The van der Waals surface area contributed by atoms with E-state index in [1.807, 2.05) is 30.3 Å². The Kier molecular flexibility index (Phi) is 4.58. The highest BCUT2D eigenvalue weighted by molar-refractivity contribution is 7.99. The maximum Gasteiger partial charge on any atom is 0.311 e. The summed E-state index contributed by atoms with van der Waals surface area (Å²) in [7, 11) is 0. The molecule has 0 aromatic heterocycles. The first-order valence-electron chi connectivity index (χ1n) is 5.72. The van der Waals surface area contributed by atoms with Gasteiger partial charge in [-0.1, -0.05) is 30.0 Å². The van der Waals surface area contributed by atoms with Crippen LogP contribution in [-0.4, -0.2) is 11.5 Å². The van der Waals surface area contributed by atoms with E-state index in [1.165, 1.54) is 17.8 Å². The van der Waals surface area contributed by atoms with Crippen LogP contribution in [0, 0.1) is 21.4 Å². The molecule has 0 unspecified atom stereocenters. The maximum atomic E-state index is 10.9. The molecule has 0 spiro atoms. The number of hydrogen-bond donors (Lipinski definition) is 0. The molecule has 6 heteroatoms. The van der Waals surface area contributed by atoms with E-state index >= 15 is 0 Å². The van der Waals surface area contributed by atoms with Gasteiger partial charge in [-0.3, -0.25) is 10.1 Å². The molecule has 0 amide bonds. The number of hydrogen-bond acceptors (Lipinski definition) is 5. The van der Waals surface area contributed by atoms with E-state index in [2.05, 4.69) is 0 Å². The van der Waals surface area contributed by atoms with Crippen LogP contribution in [0.15, 0.2) is 58.3 Å². The van der Waals surface area contributed by atoms with Crippen molar-refractivity contribution in [2.45, 2.75) is 9.79 Å². The lowest BCUT2D eigenvalue weighted by Gasteiger charge is -2.06. The summed E-state index contributed by atoms with van der Waals surface area (Å²) in [6, 6.07) is 16.1. The van der Waals surface area contributed by atoms with Crippen molar-refractivity contribution < 1.29 is 9.66 Å². The molecule has 0 fully saturated rings. The van der Waals surface area contributed by atoms with Gasteiger partial charge in [0.1, 0.15) is 6.07 Å². The second-order valence-electron chi connectivity index (χ2n) is 3.75. The molecule has 0 atom stereocenters. The number of nitriles is 1. The molecular weight excluding hydrogens is 276 g/mol. The van der Waals surface area contributed by atoms with E-state index in [4.69, 9.17) is 10.00 Å². The fourth-order valence-corrected chi connectivity index (χ4v) is 2.43. The van der Waals surface area contributed by atoms with Crippen LogP contribution in [0.25, 0.3) is 0 Å². The topological polar surface area (TPSA) is 76.2 Å². The molecule has 2 rings (SSSR count). The minimum Gasteiger partial charge on any atom is -0.472 e. The minimum absolute atomic E-state index is 0.109. The zero-order valence-electron chi connectivity index (χ0n) is 10.4. The molecule has 0 heterocycles. The molecule has 0 aliphatic heterocycles. The van der Waals surface area contributed by atoms with Crippen molar-refractivity contribution in [1.29, 1.82) is 5.26 Å². The van der Waals surface area contributed by atoms with Gasteiger partial charge in [-0.15, -0.1) is 0 Å². The van der Waals surface area contributed by atoms with E-state index in [0.29, 0.717) is 0 Å². The normalized spacial score (nSPS) is 9.75. The number of nitro groups is 1. The summed E-state index contributed by atoms with van der Waals surface area (Å²) in [6.07, 6.45) is 0. The Morgan fingerprint density at radius 3 is 2.60 bits per heavy atom. The molecule has 0 bridgehead atoms. The van der Waals surface area contributed by atoms with E-state index < -0.39 is 4.92 Å². The molecule has 0 saturated carbocycles. The molecule has 5 nitrogen and oxygen atoms in total. The van der Waals surface area contributed by atoms with Crippen LogP contribution in [0.4, 0.5) is 5.69 Å². The quantitative estimate of drug-likeness (QED) is 0.619. The largest absolute Gasteiger partial charge is 0.472 e. The summed E-state index contributed by atoms with van der Waals surface area (Å²) >= 11 is 1.47. The molecule has 0 aliphatic carbocycles. The lowest BCUT2D eigenvalue weighted by Crippen LogP contribution is -1.98. The first kappa shape index (κ1) is 13.9. The lowest BCUT2D eigenvalue weighted by atomic mass is 10.3. The molecule has 0 saturated heterocycles. The van der Waals surface area contributed by atoms with Crippen molar-refractivity contribution in [2.24, 2.45) is 0 Å². The third kappa shape index (κ3) is 3.49. The summed E-state index contributed by atoms with van der Waals surface area (Å²) in [4.78, 5) is 12.2. The Bertz CT molecular complexity index is 653. The monoisotopic (exact) mass is 286 g/mol. The van der Waals surface area contributed by atoms with Gasteiger partial charge in [0, 0.05) is 21.9 Å². The van der Waals surface area contributed by atoms with Crippen LogP contribution in [-0.2, 0) is 0 Å². The molecule has 0 radical (unpaired) electrons. The fraction of sp³-hybridized carbons (Fsp3) is 0.0714. The van der Waals surface area contributed by atoms with Gasteiger partial charge in [-0.05, 0) is 18.2 Å². The molecule has 0 aliphatic rings. The minimum atomic E-state index is -0.524. The van der Waals surface area contributed by atoms with Crippen molar-refractivity contribution in [3.8, 4) is 11.8 Å². The van der Waals surface area contributed by atoms with Crippen LogP contribution >= 0.6 is 11.8 Å². The standard InChI is InChI=1S/C14H10N2O3S/c15-8-9-19-14-10-12(6-7-13(14)16(17)18)20-11-4-2-1-3-5-11/h1-7,10H,9H2. The van der Waals surface area contributed by atoms with Gasteiger partial charge in [0.15, 0.2) is 12.4 Å². The average Bonchev–Trinajstić information content (AvgIpc) is 2.46. The highest BCUT2D eigenvalue weighted by Crippen LogP contribution is 2.35. The van der Waals surface area contributed by atoms with Crippen LogP contribution in [0.2, 0.25) is 0 Å². The first-order valence-corrected chi connectivity index (χ1v) is 6.53. The Balaban J connectivity index is 2.27. The Labute approximate surface area is 120 Å². The van der Waals surface area contributed by atoms with Gasteiger partial charge in [-0.25, -0.2) is 0 Å². The highest BCUT2D eigenvalue weighted by atomic mass is 32.2. The van der Waals surface area contributed by atoms with Crippen LogP contribution in [0.1, 0.15) is 0 Å². The molecule has 100 valence electrons. The third-order valence-electron chi connectivity index (χ3n) is 2.40. The van der Waals surface area contributed by atoms with Crippen molar-refractivity contribution in [3.63, 3.8) is 0 Å². The van der Waals surface area contributed by atoms with Crippen molar-refractivity contribution in [2.75, 3.05) is 6.61 Å². The van der Waals surface area contributed by atoms with Crippen LogP contribution in [0.3, 0.4) is 0 Å². The Morgan fingerprint density at radius 2 is 1.95 bits per heavy atom. The molecule has 0 N–H and O–H groups in total. The van der Waals surface area contributed by atoms with Gasteiger partial charge in [-0.2, -0.15) is 5.26 Å². The summed E-state index contributed by atoms with van der Waals surface area (Å²) in [5.41, 5.74) is -0.141. The van der Waals surface area contributed by atoms with E-state index in [-0.39, 0.29) is 18.0 Å². The third-order valence-corrected chi connectivity index (χ3v) is 3.40. The van der Waals surface area contributed by atoms with E-state index in [1.54, 1.807) is 18.2 Å². The van der Waals surface area contributed by atoms with Crippen molar-refractivity contribution in [1.82, 2.24) is 0 Å². The molecule has 20 heavy (non-hydrogen) atoms. The maximum absolute atomic E-state index is 10.9. The number of nitro benzene ring substituents is 1. The van der Waals surface area contributed by atoms with Gasteiger partial charge in [0.25, 0.3) is 0 Å². The van der Waals surface area contributed by atoms with E-state index in [9.17, 15) is 10.1 Å². The summed E-state index contributed by atoms with van der Waals surface area (Å²) in [5, 5.41) is 19.4. The van der Waals surface area contributed by atoms with Gasteiger partial charge in [0.05, 0.1) is 4.92 Å². The SMILES string of the molecule is N#CCOc1cc(Sc2ccccc2)ccc1[N+](=O)[O-]. The van der Waals surface area contributed by atoms with E-state index in [0.717, 1.165) is 9.79 Å². The second kappa shape index (κ2) is 6.59. The Hall–Kier alpha value is -2.52. The highest BCUT2D eigenvalue weighted by Gasteiger charge is 2.16. The number of benzene rings is 2. The molecular formula is C14H10N2O3S. The predicted molar refractivity (Wildman–Crippen MR) is 74.8 cm³/mol. The van der Waals surface area contributed by atoms with Gasteiger partial charge >= 0.3 is 5.69 Å². The number of ether oxygens (including phenoxy) is 1. The second-order valence-corrected chi connectivity index (χ2v) is 4.90.